The number of hydrogen-bond acceptors (Lipinski definition) is 2. The average Bonchev–Trinajstić information content (AvgIpc) is 2.06. The minimum atomic E-state index is -0.0508. The summed E-state index contributed by atoms with van der Waals surface area (Å²) in [4.78, 5) is 11.1. The average molecular weight is 167 g/mol. The Bertz CT molecular complexity index is 300. The molecule has 1 unspecified atom stereocenters. The Hall–Kier alpha value is -1.08. The molecule has 1 aliphatic heterocycles. The molecule has 56 valence electrons. The Morgan fingerprint density at radius 1 is 1.36 bits per heavy atom. The summed E-state index contributed by atoms with van der Waals surface area (Å²) in [5.41, 5.74) is 0.617. The number of fused-ring (bicyclic) bond motifs is 1. The standard InChI is InChI=1S/C7H6NO2P/c9-7-5-3-1-2-4-6(5)10-11-8-7/h1-4,11H,(H,8,9). The maximum Gasteiger partial charge on any atom is 0.260 e. The highest BCUT2D eigenvalue weighted by Gasteiger charge is 2.16. The normalized spacial score (nSPS) is 16.9. The third kappa shape index (κ3) is 1.08. The number of nitrogens with one attached hydrogen (secondary N) is 1. The van der Waals surface area contributed by atoms with Crippen LogP contribution in [0, 0.1) is 0 Å². The molecule has 1 aliphatic rings. The first kappa shape index (κ1) is 6.62. The minimum Gasteiger partial charge on any atom is -0.455 e. The van der Waals surface area contributed by atoms with Gasteiger partial charge >= 0.3 is 0 Å². The lowest BCUT2D eigenvalue weighted by atomic mass is 10.2. The van der Waals surface area contributed by atoms with Gasteiger partial charge in [0.05, 0.1) is 5.56 Å². The summed E-state index contributed by atoms with van der Waals surface area (Å²) in [6.07, 6.45) is 0. The molecule has 0 fully saturated rings. The largest absolute Gasteiger partial charge is 0.455 e. The van der Waals surface area contributed by atoms with Gasteiger partial charge in [0.15, 0.2) is 8.96 Å². The number of rotatable bonds is 0. The number of carbonyl (C=O) groups excluding carboxylic acids is 1. The minimum absolute atomic E-state index is 0.0495. The van der Waals surface area contributed by atoms with Gasteiger partial charge in [-0.05, 0) is 12.1 Å². The zero-order valence-electron chi connectivity index (χ0n) is 5.63. The second-order valence-corrected chi connectivity index (χ2v) is 2.81. The Balaban J connectivity index is 2.52. The number of amides is 1. The van der Waals surface area contributed by atoms with E-state index in [4.69, 9.17) is 4.52 Å². The van der Waals surface area contributed by atoms with Crippen LogP contribution >= 0.6 is 8.96 Å². The summed E-state index contributed by atoms with van der Waals surface area (Å²) < 4.78 is 5.19. The molecule has 1 heterocycles. The zero-order chi connectivity index (χ0) is 7.68. The van der Waals surface area contributed by atoms with Gasteiger partial charge in [-0.1, -0.05) is 12.1 Å². The molecular formula is C7H6NO2P. The van der Waals surface area contributed by atoms with Crippen LogP contribution in [0.2, 0.25) is 0 Å². The fourth-order valence-corrected chi connectivity index (χ4v) is 1.50. The Morgan fingerprint density at radius 2 is 2.18 bits per heavy atom. The number of benzene rings is 1. The summed E-state index contributed by atoms with van der Waals surface area (Å²) in [6.45, 7) is 0. The molecule has 3 nitrogen and oxygen atoms in total. The van der Waals surface area contributed by atoms with E-state index in [1.165, 1.54) is 0 Å². The van der Waals surface area contributed by atoms with E-state index in [0.29, 0.717) is 11.3 Å². The van der Waals surface area contributed by atoms with Crippen molar-refractivity contribution in [3.05, 3.63) is 29.8 Å². The van der Waals surface area contributed by atoms with Gasteiger partial charge < -0.3 is 9.61 Å². The fraction of sp³-hybridized carbons (Fsp3) is 0. The van der Waals surface area contributed by atoms with Crippen molar-refractivity contribution in [3.8, 4) is 5.75 Å². The molecule has 2 rings (SSSR count). The molecule has 0 saturated heterocycles. The summed E-state index contributed by atoms with van der Waals surface area (Å²) in [7, 11) is 0.0495. The van der Waals surface area contributed by atoms with E-state index >= 15 is 0 Å². The van der Waals surface area contributed by atoms with Crippen LogP contribution < -0.4 is 9.61 Å². The molecule has 1 atom stereocenters. The number of carbonyl (C=O) groups is 1. The first-order valence-corrected chi connectivity index (χ1v) is 4.10. The van der Waals surface area contributed by atoms with Crippen molar-refractivity contribution in [1.29, 1.82) is 0 Å². The fourth-order valence-electron chi connectivity index (χ4n) is 0.937. The lowest BCUT2D eigenvalue weighted by molar-refractivity contribution is 0.0974. The van der Waals surface area contributed by atoms with Crippen molar-refractivity contribution < 1.29 is 9.32 Å². The molecule has 1 aromatic rings. The lowest BCUT2D eigenvalue weighted by Gasteiger charge is -2.15. The van der Waals surface area contributed by atoms with Gasteiger partial charge in [-0.2, -0.15) is 0 Å². The molecule has 0 radical (unpaired) electrons. The first-order valence-electron chi connectivity index (χ1n) is 3.19. The third-order valence-electron chi connectivity index (χ3n) is 1.46. The van der Waals surface area contributed by atoms with Gasteiger partial charge in [0.1, 0.15) is 5.75 Å². The third-order valence-corrected chi connectivity index (χ3v) is 2.11. The summed E-state index contributed by atoms with van der Waals surface area (Å²) >= 11 is 0. The molecular weight excluding hydrogens is 161 g/mol. The topological polar surface area (TPSA) is 38.3 Å². The second-order valence-electron chi connectivity index (χ2n) is 2.15. The molecule has 1 amide bonds. The van der Waals surface area contributed by atoms with E-state index < -0.39 is 0 Å². The van der Waals surface area contributed by atoms with Crippen LogP contribution in [0.5, 0.6) is 5.75 Å². The molecule has 0 spiro atoms. The van der Waals surface area contributed by atoms with Gasteiger partial charge in [0.25, 0.3) is 5.91 Å². The van der Waals surface area contributed by atoms with Crippen LogP contribution in [0.4, 0.5) is 0 Å². The maximum absolute atomic E-state index is 11.1. The van der Waals surface area contributed by atoms with E-state index in [9.17, 15) is 4.79 Å². The highest BCUT2D eigenvalue weighted by Crippen LogP contribution is 2.27. The van der Waals surface area contributed by atoms with Crippen LogP contribution in [-0.4, -0.2) is 5.91 Å². The highest BCUT2D eigenvalue weighted by atomic mass is 31.1. The molecule has 0 aromatic heterocycles. The smallest absolute Gasteiger partial charge is 0.260 e. The molecule has 1 aromatic carbocycles. The van der Waals surface area contributed by atoms with Crippen molar-refractivity contribution in [3.63, 3.8) is 0 Å². The molecule has 0 bridgehead atoms. The van der Waals surface area contributed by atoms with Gasteiger partial charge in [-0.15, -0.1) is 0 Å². The molecule has 11 heavy (non-hydrogen) atoms. The van der Waals surface area contributed by atoms with E-state index in [1.807, 2.05) is 12.1 Å². The highest BCUT2D eigenvalue weighted by molar-refractivity contribution is 7.31. The van der Waals surface area contributed by atoms with Gasteiger partial charge in [0, 0.05) is 0 Å². The van der Waals surface area contributed by atoms with Crippen molar-refractivity contribution in [2.75, 3.05) is 0 Å². The van der Waals surface area contributed by atoms with Crippen LogP contribution in [-0.2, 0) is 0 Å². The van der Waals surface area contributed by atoms with Crippen molar-refractivity contribution >= 4 is 14.9 Å². The van der Waals surface area contributed by atoms with Gasteiger partial charge in [0.2, 0.25) is 0 Å². The Kier molecular flexibility index (Phi) is 1.51. The van der Waals surface area contributed by atoms with E-state index in [0.717, 1.165) is 0 Å². The van der Waals surface area contributed by atoms with E-state index in [2.05, 4.69) is 5.09 Å². The van der Waals surface area contributed by atoms with Crippen molar-refractivity contribution in [1.82, 2.24) is 5.09 Å². The first-order chi connectivity index (χ1) is 5.38. The predicted molar refractivity (Wildman–Crippen MR) is 42.9 cm³/mol. The molecule has 4 heteroatoms. The van der Waals surface area contributed by atoms with Gasteiger partial charge in [-0.25, -0.2) is 0 Å². The monoisotopic (exact) mass is 167 g/mol. The van der Waals surface area contributed by atoms with Crippen molar-refractivity contribution in [2.45, 2.75) is 0 Å². The Morgan fingerprint density at radius 3 is 3.00 bits per heavy atom. The summed E-state index contributed by atoms with van der Waals surface area (Å²) in [6, 6.07) is 7.20. The van der Waals surface area contributed by atoms with Crippen molar-refractivity contribution in [2.24, 2.45) is 0 Å². The van der Waals surface area contributed by atoms with Crippen LogP contribution in [0.15, 0.2) is 24.3 Å². The summed E-state index contributed by atoms with van der Waals surface area (Å²) in [5.74, 6) is 0.625. The molecule has 0 saturated carbocycles. The van der Waals surface area contributed by atoms with Crippen LogP contribution in [0.1, 0.15) is 10.4 Å². The van der Waals surface area contributed by atoms with Crippen LogP contribution in [0.3, 0.4) is 0 Å². The summed E-state index contributed by atoms with van der Waals surface area (Å²) in [5, 5.41) is 2.60. The molecule has 0 aliphatic carbocycles. The second kappa shape index (κ2) is 2.51. The number of para-hydroxylation sites is 1. The maximum atomic E-state index is 11.1. The SMILES string of the molecule is O=C1NPOc2ccccc21. The predicted octanol–water partition coefficient (Wildman–Crippen LogP) is 1.32. The van der Waals surface area contributed by atoms with E-state index in [1.54, 1.807) is 12.1 Å². The van der Waals surface area contributed by atoms with Crippen LogP contribution in [0.25, 0.3) is 0 Å². The van der Waals surface area contributed by atoms with Gasteiger partial charge in [-0.3, -0.25) is 4.79 Å². The Labute approximate surface area is 65.7 Å². The quantitative estimate of drug-likeness (QED) is 0.591. The molecule has 1 N–H and O–H groups in total. The lowest BCUT2D eigenvalue weighted by Crippen LogP contribution is -2.20. The zero-order valence-corrected chi connectivity index (χ0v) is 6.63. The van der Waals surface area contributed by atoms with E-state index in [-0.39, 0.29) is 14.9 Å². The number of hydrogen-bond donors (Lipinski definition) is 1.